The summed E-state index contributed by atoms with van der Waals surface area (Å²) in [6.45, 7) is 3.60. The minimum atomic E-state index is -0.757. The average molecular weight is 316 g/mol. The normalized spacial score (nSPS) is 24.4. The van der Waals surface area contributed by atoms with Crippen molar-refractivity contribution >= 4 is 21.9 Å². The van der Waals surface area contributed by atoms with Crippen molar-refractivity contribution in [1.29, 1.82) is 0 Å². The van der Waals surface area contributed by atoms with Gasteiger partial charge in [-0.15, -0.1) is 0 Å². The van der Waals surface area contributed by atoms with Crippen molar-refractivity contribution in [3.63, 3.8) is 0 Å². The molecule has 0 aliphatic carbocycles. The van der Waals surface area contributed by atoms with Crippen molar-refractivity contribution in [2.75, 3.05) is 13.1 Å². The second kappa shape index (κ2) is 4.97. The Morgan fingerprint density at radius 1 is 1.61 bits per heavy atom. The highest BCUT2D eigenvalue weighted by Crippen LogP contribution is 2.31. The summed E-state index contributed by atoms with van der Waals surface area (Å²) in [5.41, 5.74) is 0.193. The number of hydrogen-bond acceptors (Lipinski definition) is 2. The number of nitrogens with zero attached hydrogens (tertiary/aromatic N) is 1. The van der Waals surface area contributed by atoms with Crippen molar-refractivity contribution in [3.8, 4) is 0 Å². The van der Waals surface area contributed by atoms with E-state index in [0.29, 0.717) is 24.0 Å². The van der Waals surface area contributed by atoms with Crippen LogP contribution in [0.5, 0.6) is 0 Å². The third-order valence-corrected chi connectivity index (χ3v) is 4.10. The lowest BCUT2D eigenvalue weighted by atomic mass is 9.90. The quantitative estimate of drug-likeness (QED) is 0.932. The van der Waals surface area contributed by atoms with Crippen LogP contribution < -0.4 is 0 Å². The molecule has 0 saturated carbocycles. The minimum Gasteiger partial charge on any atom is -0.481 e. The van der Waals surface area contributed by atoms with Gasteiger partial charge in [-0.3, -0.25) is 9.69 Å². The van der Waals surface area contributed by atoms with E-state index in [2.05, 4.69) is 20.8 Å². The lowest BCUT2D eigenvalue weighted by Crippen LogP contribution is -2.31. The van der Waals surface area contributed by atoms with Crippen molar-refractivity contribution in [1.82, 2.24) is 4.90 Å². The molecule has 0 radical (unpaired) electrons. The number of halogens is 2. The maximum Gasteiger partial charge on any atom is 0.310 e. The van der Waals surface area contributed by atoms with E-state index in [-0.39, 0.29) is 5.82 Å². The van der Waals surface area contributed by atoms with E-state index in [1.807, 2.05) is 6.07 Å². The SMILES string of the molecule is CC1(C(=O)O)CCN(Cc2ccc(Br)c(F)c2)C1. The summed E-state index contributed by atoms with van der Waals surface area (Å²) >= 11 is 3.11. The van der Waals surface area contributed by atoms with Crippen molar-refractivity contribution < 1.29 is 14.3 Å². The Hall–Kier alpha value is -0.940. The third kappa shape index (κ3) is 2.72. The maximum absolute atomic E-state index is 13.4. The number of aliphatic carboxylic acids is 1. The fraction of sp³-hybridized carbons (Fsp3) is 0.462. The molecule has 18 heavy (non-hydrogen) atoms. The van der Waals surface area contributed by atoms with Crippen LogP contribution in [0.25, 0.3) is 0 Å². The second-order valence-electron chi connectivity index (χ2n) is 5.07. The Bertz CT molecular complexity index is 480. The van der Waals surface area contributed by atoms with Gasteiger partial charge in [0.15, 0.2) is 0 Å². The predicted octanol–water partition coefficient (Wildman–Crippen LogP) is 2.88. The largest absolute Gasteiger partial charge is 0.481 e. The van der Waals surface area contributed by atoms with Gasteiger partial charge in [0.2, 0.25) is 0 Å². The van der Waals surface area contributed by atoms with Gasteiger partial charge in [0.1, 0.15) is 5.82 Å². The van der Waals surface area contributed by atoms with Crippen LogP contribution in [0, 0.1) is 11.2 Å². The zero-order chi connectivity index (χ0) is 13.3. The first-order chi connectivity index (χ1) is 8.40. The van der Waals surface area contributed by atoms with Crippen molar-refractivity contribution in [2.45, 2.75) is 19.9 Å². The van der Waals surface area contributed by atoms with Gasteiger partial charge in [0.05, 0.1) is 9.89 Å². The molecule has 5 heteroatoms. The number of rotatable bonds is 3. The number of carboxylic acids is 1. The van der Waals surface area contributed by atoms with Gasteiger partial charge in [-0.25, -0.2) is 4.39 Å². The summed E-state index contributed by atoms with van der Waals surface area (Å²) in [7, 11) is 0. The highest BCUT2D eigenvalue weighted by atomic mass is 79.9. The predicted molar refractivity (Wildman–Crippen MR) is 69.7 cm³/mol. The van der Waals surface area contributed by atoms with Crippen LogP contribution in [0.15, 0.2) is 22.7 Å². The fourth-order valence-electron chi connectivity index (χ4n) is 2.26. The van der Waals surface area contributed by atoms with Gasteiger partial charge in [-0.05, 0) is 53.5 Å². The smallest absolute Gasteiger partial charge is 0.310 e. The molecule has 2 rings (SSSR count). The fourth-order valence-corrected chi connectivity index (χ4v) is 2.51. The van der Waals surface area contributed by atoms with Gasteiger partial charge in [-0.2, -0.15) is 0 Å². The lowest BCUT2D eigenvalue weighted by Gasteiger charge is -2.20. The zero-order valence-corrected chi connectivity index (χ0v) is 11.7. The highest BCUT2D eigenvalue weighted by Gasteiger charge is 2.40. The van der Waals surface area contributed by atoms with Crippen LogP contribution in [0.4, 0.5) is 4.39 Å². The molecular formula is C13H15BrFNO2. The number of benzene rings is 1. The summed E-state index contributed by atoms with van der Waals surface area (Å²) in [5.74, 6) is -1.04. The number of carboxylic acid groups (broad SMARTS) is 1. The Kier molecular flexibility index (Phi) is 3.73. The summed E-state index contributed by atoms with van der Waals surface area (Å²) in [5, 5.41) is 9.14. The van der Waals surface area contributed by atoms with E-state index in [4.69, 9.17) is 5.11 Å². The second-order valence-corrected chi connectivity index (χ2v) is 5.93. The zero-order valence-electron chi connectivity index (χ0n) is 10.1. The first-order valence-electron chi connectivity index (χ1n) is 5.80. The summed E-state index contributed by atoms with van der Waals surface area (Å²) in [4.78, 5) is 13.2. The topological polar surface area (TPSA) is 40.5 Å². The number of hydrogen-bond donors (Lipinski definition) is 1. The minimum absolute atomic E-state index is 0.285. The molecule has 1 unspecified atom stereocenters. The van der Waals surface area contributed by atoms with Crippen molar-refractivity contribution in [2.24, 2.45) is 5.41 Å². The molecule has 1 atom stereocenters. The summed E-state index contributed by atoms with van der Waals surface area (Å²) < 4.78 is 13.8. The first-order valence-corrected chi connectivity index (χ1v) is 6.60. The molecule has 3 nitrogen and oxygen atoms in total. The standard InChI is InChI=1S/C13H15BrFNO2/c1-13(12(17)18)4-5-16(8-13)7-9-2-3-10(14)11(15)6-9/h2-3,6H,4-5,7-8H2,1H3,(H,17,18). The highest BCUT2D eigenvalue weighted by molar-refractivity contribution is 9.10. The van der Waals surface area contributed by atoms with E-state index < -0.39 is 11.4 Å². The molecule has 0 aromatic heterocycles. The van der Waals surface area contributed by atoms with E-state index >= 15 is 0 Å². The van der Waals surface area contributed by atoms with Gasteiger partial charge in [0.25, 0.3) is 0 Å². The van der Waals surface area contributed by atoms with E-state index in [1.165, 1.54) is 6.07 Å². The average Bonchev–Trinajstić information content (AvgIpc) is 2.67. The van der Waals surface area contributed by atoms with Gasteiger partial charge < -0.3 is 5.11 Å². The molecule has 1 aliphatic rings. The van der Waals surface area contributed by atoms with Crippen molar-refractivity contribution in [3.05, 3.63) is 34.1 Å². The van der Waals surface area contributed by atoms with Crippen LogP contribution in [0.3, 0.4) is 0 Å². The van der Waals surface area contributed by atoms with Crippen LogP contribution in [0.2, 0.25) is 0 Å². The van der Waals surface area contributed by atoms with E-state index in [9.17, 15) is 9.18 Å². The monoisotopic (exact) mass is 315 g/mol. The van der Waals surface area contributed by atoms with Crippen LogP contribution >= 0.6 is 15.9 Å². The molecule has 1 saturated heterocycles. The molecule has 1 N–H and O–H groups in total. The molecule has 0 amide bonds. The van der Waals surface area contributed by atoms with Gasteiger partial charge >= 0.3 is 5.97 Å². The molecule has 1 aromatic carbocycles. The van der Waals surface area contributed by atoms with Gasteiger partial charge in [-0.1, -0.05) is 6.07 Å². The Morgan fingerprint density at radius 3 is 2.89 bits per heavy atom. The molecular weight excluding hydrogens is 301 g/mol. The number of likely N-dealkylation sites (tertiary alicyclic amines) is 1. The Morgan fingerprint density at radius 2 is 2.33 bits per heavy atom. The Labute approximate surface area is 114 Å². The van der Waals surface area contributed by atoms with E-state index in [0.717, 1.165) is 12.1 Å². The summed E-state index contributed by atoms with van der Waals surface area (Å²) in [6.07, 6.45) is 0.640. The molecule has 98 valence electrons. The third-order valence-electron chi connectivity index (χ3n) is 3.46. The lowest BCUT2D eigenvalue weighted by molar-refractivity contribution is -0.147. The van der Waals surface area contributed by atoms with Crippen LogP contribution in [0.1, 0.15) is 18.9 Å². The molecule has 1 aliphatic heterocycles. The molecule has 1 aromatic rings. The molecule has 0 bridgehead atoms. The van der Waals surface area contributed by atoms with E-state index in [1.54, 1.807) is 13.0 Å². The summed E-state index contributed by atoms with van der Waals surface area (Å²) in [6, 6.07) is 5.02. The maximum atomic E-state index is 13.4. The number of carbonyl (C=O) groups is 1. The van der Waals surface area contributed by atoms with Crippen LogP contribution in [-0.4, -0.2) is 29.1 Å². The first kappa shape index (κ1) is 13.5. The Balaban J connectivity index is 2.03. The molecule has 0 spiro atoms. The van der Waals surface area contributed by atoms with Crippen LogP contribution in [-0.2, 0) is 11.3 Å². The molecule has 1 fully saturated rings. The van der Waals surface area contributed by atoms with Gasteiger partial charge in [0, 0.05) is 13.1 Å². The molecule has 1 heterocycles.